The lowest BCUT2D eigenvalue weighted by atomic mass is 9.99. The number of hydrogen-bond acceptors (Lipinski definition) is 5. The van der Waals surface area contributed by atoms with Gasteiger partial charge in [-0.3, -0.25) is 4.57 Å². The quantitative estimate of drug-likeness (QED) is 0.351. The Hall–Kier alpha value is -4.15. The summed E-state index contributed by atoms with van der Waals surface area (Å²) in [5.74, 6) is 0.473. The van der Waals surface area contributed by atoms with Crippen molar-refractivity contribution in [1.29, 1.82) is 0 Å². The predicted molar refractivity (Wildman–Crippen MR) is 124 cm³/mol. The molecule has 0 saturated heterocycles. The molecule has 8 nitrogen and oxygen atoms in total. The largest absolute Gasteiger partial charge is 0.416 e. The van der Waals surface area contributed by atoms with E-state index in [1.54, 1.807) is 56.1 Å². The average Bonchev–Trinajstić information content (AvgIpc) is 3.23. The molecule has 2 amide bonds. The first kappa shape index (κ1) is 23.0. The molecule has 0 aliphatic carbocycles. The molecule has 0 saturated carbocycles. The summed E-state index contributed by atoms with van der Waals surface area (Å²) < 4.78 is 41.5. The number of carbonyl (C=O) groups is 1. The molecule has 0 fully saturated rings. The topological polar surface area (TPSA) is 96.8 Å². The molecular weight excluding hydrogens is 447 g/mol. The van der Waals surface area contributed by atoms with Crippen LogP contribution in [-0.2, 0) is 6.18 Å². The van der Waals surface area contributed by atoms with E-state index in [0.717, 1.165) is 17.8 Å². The van der Waals surface area contributed by atoms with Crippen LogP contribution in [0.15, 0.2) is 55.1 Å². The maximum absolute atomic E-state index is 13.2. The van der Waals surface area contributed by atoms with Crippen molar-refractivity contribution >= 4 is 34.4 Å². The highest BCUT2D eigenvalue weighted by molar-refractivity contribution is 6.00. The number of carbonyl (C=O) groups excluding carboxylic acids is 1. The fraction of sp³-hybridized carbons (Fsp3) is 0.217. The van der Waals surface area contributed by atoms with Crippen LogP contribution in [0.1, 0.15) is 30.9 Å². The Balaban J connectivity index is 1.51. The van der Waals surface area contributed by atoms with Crippen molar-refractivity contribution in [3.63, 3.8) is 0 Å². The Morgan fingerprint density at radius 2 is 1.68 bits per heavy atom. The van der Waals surface area contributed by atoms with Crippen LogP contribution >= 0.6 is 0 Å². The number of halogens is 3. The molecule has 3 N–H and O–H groups in total. The number of amides is 2. The molecule has 0 spiro atoms. The molecular formula is C23H22F3N7O. The molecule has 2 aromatic heterocycles. The summed E-state index contributed by atoms with van der Waals surface area (Å²) in [4.78, 5) is 25.2. The van der Waals surface area contributed by atoms with Gasteiger partial charge in [-0.1, -0.05) is 13.8 Å². The summed E-state index contributed by atoms with van der Waals surface area (Å²) in [5, 5.41) is 8.08. The van der Waals surface area contributed by atoms with Crippen molar-refractivity contribution in [1.82, 2.24) is 19.5 Å². The molecule has 2 aromatic carbocycles. The van der Waals surface area contributed by atoms with Gasteiger partial charge in [-0.25, -0.2) is 19.7 Å². The summed E-state index contributed by atoms with van der Waals surface area (Å²) >= 11 is 0. The lowest BCUT2D eigenvalue weighted by Gasteiger charge is -2.15. The third kappa shape index (κ3) is 4.77. The van der Waals surface area contributed by atoms with E-state index >= 15 is 0 Å². The molecule has 11 heteroatoms. The lowest BCUT2D eigenvalue weighted by Crippen LogP contribution is -2.20. The van der Waals surface area contributed by atoms with Crippen LogP contribution in [0, 0.1) is 0 Å². The first-order chi connectivity index (χ1) is 16.2. The van der Waals surface area contributed by atoms with Gasteiger partial charge in [0.05, 0.1) is 5.56 Å². The molecule has 0 aliphatic rings. The summed E-state index contributed by atoms with van der Waals surface area (Å²) in [6.07, 6.45) is -1.45. The van der Waals surface area contributed by atoms with Gasteiger partial charge in [0.1, 0.15) is 12.7 Å². The highest BCUT2D eigenvalue weighted by Gasteiger charge is 2.31. The maximum atomic E-state index is 13.2. The van der Waals surface area contributed by atoms with Gasteiger partial charge in [0.25, 0.3) is 0 Å². The second-order valence-corrected chi connectivity index (χ2v) is 7.88. The Labute approximate surface area is 193 Å². The summed E-state index contributed by atoms with van der Waals surface area (Å²) in [6.45, 7) is 3.58. The van der Waals surface area contributed by atoms with E-state index in [9.17, 15) is 18.0 Å². The molecule has 0 bridgehead atoms. The van der Waals surface area contributed by atoms with Crippen molar-refractivity contribution in [2.24, 2.45) is 0 Å². The van der Waals surface area contributed by atoms with E-state index in [0.29, 0.717) is 28.2 Å². The number of benzene rings is 2. The van der Waals surface area contributed by atoms with Crippen LogP contribution in [0.4, 0.5) is 35.2 Å². The minimum absolute atomic E-state index is 0.0672. The molecule has 0 radical (unpaired) electrons. The van der Waals surface area contributed by atoms with Crippen molar-refractivity contribution in [3.8, 4) is 5.69 Å². The van der Waals surface area contributed by atoms with E-state index in [-0.39, 0.29) is 11.6 Å². The number of urea groups is 1. The standard InChI is InChI=1S/C23H22F3N7O/c1-13(2)14-8-15(23(24,25)26)10-17(9-14)32-22(34)31-16-4-6-18(7-5-16)33-12-30-19-20(27-3)28-11-29-21(19)33/h4-13H,1-3H3,(H,27,28,29)(H2,31,32,34). The number of nitrogens with zero attached hydrogens (tertiary/aromatic N) is 4. The Kier molecular flexibility index (Phi) is 6.10. The van der Waals surface area contributed by atoms with Crippen LogP contribution in [-0.4, -0.2) is 32.6 Å². The minimum atomic E-state index is -4.51. The van der Waals surface area contributed by atoms with E-state index in [2.05, 4.69) is 30.9 Å². The summed E-state index contributed by atoms with van der Waals surface area (Å²) in [5.41, 5.74) is 2.19. The lowest BCUT2D eigenvalue weighted by molar-refractivity contribution is -0.137. The Morgan fingerprint density at radius 1 is 0.971 bits per heavy atom. The number of aromatic nitrogens is 4. The van der Waals surface area contributed by atoms with Crippen molar-refractivity contribution in [3.05, 3.63) is 66.2 Å². The van der Waals surface area contributed by atoms with Crippen LogP contribution in [0.5, 0.6) is 0 Å². The zero-order chi connectivity index (χ0) is 24.5. The SMILES string of the molecule is CNc1ncnc2c1ncn2-c1ccc(NC(=O)Nc2cc(C(C)C)cc(C(F)(F)F)c2)cc1. The number of anilines is 3. The average molecular weight is 469 g/mol. The van der Waals surface area contributed by atoms with Gasteiger partial charge in [-0.2, -0.15) is 13.2 Å². The second kappa shape index (κ2) is 9.00. The molecule has 34 heavy (non-hydrogen) atoms. The number of fused-ring (bicyclic) bond motifs is 1. The summed E-state index contributed by atoms with van der Waals surface area (Å²) in [6, 6.07) is 9.77. The van der Waals surface area contributed by atoms with Gasteiger partial charge in [-0.05, 0) is 53.9 Å². The molecule has 0 aliphatic heterocycles. The van der Waals surface area contributed by atoms with Crippen LogP contribution in [0.25, 0.3) is 16.9 Å². The van der Waals surface area contributed by atoms with Gasteiger partial charge < -0.3 is 16.0 Å². The molecule has 4 aromatic rings. The predicted octanol–water partition coefficient (Wildman–Crippen LogP) is 5.64. The van der Waals surface area contributed by atoms with Crippen molar-refractivity contribution in [2.45, 2.75) is 25.9 Å². The number of alkyl halides is 3. The maximum Gasteiger partial charge on any atom is 0.416 e. The highest BCUT2D eigenvalue weighted by Crippen LogP contribution is 2.33. The Morgan fingerprint density at radius 3 is 2.32 bits per heavy atom. The van der Waals surface area contributed by atoms with Gasteiger partial charge >= 0.3 is 12.2 Å². The third-order valence-corrected chi connectivity index (χ3v) is 5.18. The second-order valence-electron chi connectivity index (χ2n) is 7.88. The molecule has 0 unspecified atom stereocenters. The molecule has 176 valence electrons. The number of nitrogens with one attached hydrogen (secondary N) is 3. The van der Waals surface area contributed by atoms with E-state index in [1.807, 2.05) is 0 Å². The summed E-state index contributed by atoms with van der Waals surface area (Å²) in [7, 11) is 1.75. The monoisotopic (exact) mass is 469 g/mol. The number of imidazole rings is 1. The molecule has 0 atom stereocenters. The van der Waals surface area contributed by atoms with Gasteiger partial charge in [0.15, 0.2) is 17.0 Å². The van der Waals surface area contributed by atoms with Crippen molar-refractivity contribution in [2.75, 3.05) is 23.0 Å². The van der Waals surface area contributed by atoms with Crippen LogP contribution < -0.4 is 16.0 Å². The fourth-order valence-electron chi connectivity index (χ4n) is 3.43. The first-order valence-corrected chi connectivity index (χ1v) is 10.4. The number of rotatable bonds is 5. The highest BCUT2D eigenvalue weighted by atomic mass is 19.4. The minimum Gasteiger partial charge on any atom is -0.371 e. The molecule has 4 rings (SSSR count). The fourth-order valence-corrected chi connectivity index (χ4v) is 3.43. The third-order valence-electron chi connectivity index (χ3n) is 5.18. The van der Waals surface area contributed by atoms with Gasteiger partial charge in [0, 0.05) is 24.1 Å². The normalized spacial score (nSPS) is 11.6. The Bertz CT molecular complexity index is 1330. The van der Waals surface area contributed by atoms with Crippen molar-refractivity contribution < 1.29 is 18.0 Å². The van der Waals surface area contributed by atoms with E-state index < -0.39 is 17.8 Å². The first-order valence-electron chi connectivity index (χ1n) is 10.4. The van der Waals surface area contributed by atoms with Crippen LogP contribution in [0.3, 0.4) is 0 Å². The zero-order valence-corrected chi connectivity index (χ0v) is 18.6. The van der Waals surface area contributed by atoms with Crippen LogP contribution in [0.2, 0.25) is 0 Å². The molecule has 2 heterocycles. The van der Waals surface area contributed by atoms with Gasteiger partial charge in [0.2, 0.25) is 0 Å². The number of hydrogen-bond donors (Lipinski definition) is 3. The van der Waals surface area contributed by atoms with Gasteiger partial charge in [-0.15, -0.1) is 0 Å². The zero-order valence-electron chi connectivity index (χ0n) is 18.6. The van der Waals surface area contributed by atoms with E-state index in [1.165, 1.54) is 12.4 Å². The smallest absolute Gasteiger partial charge is 0.371 e. The van der Waals surface area contributed by atoms with E-state index in [4.69, 9.17) is 0 Å².